The number of hydrogen-bond donors (Lipinski definition) is 2. The Morgan fingerprint density at radius 3 is 2.88 bits per heavy atom. The summed E-state index contributed by atoms with van der Waals surface area (Å²) in [4.78, 5) is 27.7. The molecule has 1 aliphatic rings. The smallest absolute Gasteiger partial charge is 0.253 e. The van der Waals surface area contributed by atoms with Crippen molar-refractivity contribution in [2.45, 2.75) is 31.7 Å². The number of amides is 2. The molecule has 5 nitrogen and oxygen atoms in total. The number of anilines is 1. The lowest BCUT2D eigenvalue weighted by Gasteiger charge is -2.16. The SMILES string of the molecule is N[C@@H]1CCN(C(=O)c2cccc(NC(=O)CCCc3cccs3)c2)C1. The van der Waals surface area contributed by atoms with Gasteiger partial charge in [0, 0.05) is 41.7 Å². The first kappa shape index (κ1) is 17.6. The van der Waals surface area contributed by atoms with Gasteiger partial charge in [-0.3, -0.25) is 9.59 Å². The number of nitrogens with two attached hydrogens (primary N) is 1. The topological polar surface area (TPSA) is 75.4 Å². The van der Waals surface area contributed by atoms with Crippen molar-refractivity contribution in [1.29, 1.82) is 0 Å². The molecule has 3 N–H and O–H groups in total. The van der Waals surface area contributed by atoms with Gasteiger partial charge in [0.25, 0.3) is 5.91 Å². The van der Waals surface area contributed by atoms with E-state index in [9.17, 15) is 9.59 Å². The Bertz CT molecular complexity index is 730. The molecular formula is C19H23N3O2S. The molecule has 25 heavy (non-hydrogen) atoms. The van der Waals surface area contributed by atoms with Gasteiger partial charge in [0.05, 0.1) is 0 Å². The Hall–Kier alpha value is -2.18. The lowest BCUT2D eigenvalue weighted by Crippen LogP contribution is -2.31. The molecule has 2 aromatic rings. The molecule has 0 saturated carbocycles. The Labute approximate surface area is 151 Å². The molecule has 0 radical (unpaired) electrons. The van der Waals surface area contributed by atoms with Gasteiger partial charge in [-0.2, -0.15) is 0 Å². The molecule has 1 aliphatic heterocycles. The van der Waals surface area contributed by atoms with Crippen LogP contribution in [0.4, 0.5) is 5.69 Å². The molecule has 2 amide bonds. The summed E-state index contributed by atoms with van der Waals surface area (Å²) in [6.07, 6.45) is 3.04. The number of nitrogens with zero attached hydrogens (tertiary/aromatic N) is 1. The van der Waals surface area contributed by atoms with E-state index in [1.807, 2.05) is 17.5 Å². The highest BCUT2D eigenvalue weighted by Crippen LogP contribution is 2.17. The van der Waals surface area contributed by atoms with Crippen molar-refractivity contribution in [2.75, 3.05) is 18.4 Å². The van der Waals surface area contributed by atoms with Crippen LogP contribution in [0.2, 0.25) is 0 Å². The van der Waals surface area contributed by atoms with Crippen molar-refractivity contribution in [3.8, 4) is 0 Å². The number of carbonyl (C=O) groups is 2. The minimum Gasteiger partial charge on any atom is -0.337 e. The number of likely N-dealkylation sites (tertiary alicyclic amines) is 1. The van der Waals surface area contributed by atoms with Crippen molar-refractivity contribution >= 4 is 28.8 Å². The van der Waals surface area contributed by atoms with Crippen LogP contribution in [-0.2, 0) is 11.2 Å². The van der Waals surface area contributed by atoms with Crippen LogP contribution in [0.3, 0.4) is 0 Å². The number of benzene rings is 1. The zero-order valence-corrected chi connectivity index (χ0v) is 14.9. The van der Waals surface area contributed by atoms with Crippen molar-refractivity contribution in [3.05, 3.63) is 52.2 Å². The molecule has 1 atom stereocenters. The van der Waals surface area contributed by atoms with Crippen LogP contribution in [-0.4, -0.2) is 35.8 Å². The first-order valence-corrected chi connectivity index (χ1v) is 9.47. The molecule has 3 rings (SSSR count). The zero-order valence-electron chi connectivity index (χ0n) is 14.1. The highest BCUT2D eigenvalue weighted by Gasteiger charge is 2.24. The van der Waals surface area contributed by atoms with E-state index in [2.05, 4.69) is 11.4 Å². The number of thiophene rings is 1. The van der Waals surface area contributed by atoms with E-state index in [-0.39, 0.29) is 17.9 Å². The van der Waals surface area contributed by atoms with Gasteiger partial charge >= 0.3 is 0 Å². The number of rotatable bonds is 6. The molecule has 0 unspecified atom stereocenters. The summed E-state index contributed by atoms with van der Waals surface area (Å²) in [5.41, 5.74) is 7.12. The molecule has 1 aromatic carbocycles. The molecule has 0 spiro atoms. The second-order valence-corrected chi connectivity index (χ2v) is 7.39. The van der Waals surface area contributed by atoms with Gasteiger partial charge in [-0.1, -0.05) is 12.1 Å². The number of nitrogens with one attached hydrogen (secondary N) is 1. The summed E-state index contributed by atoms with van der Waals surface area (Å²) in [6, 6.07) is 11.3. The van der Waals surface area contributed by atoms with Crippen LogP contribution in [0.5, 0.6) is 0 Å². The average Bonchev–Trinajstić information content (AvgIpc) is 3.26. The fourth-order valence-corrected chi connectivity index (χ4v) is 3.74. The van der Waals surface area contributed by atoms with Gasteiger partial charge in [0.2, 0.25) is 5.91 Å². The summed E-state index contributed by atoms with van der Waals surface area (Å²) >= 11 is 1.71. The van der Waals surface area contributed by atoms with Crippen molar-refractivity contribution in [3.63, 3.8) is 0 Å². The summed E-state index contributed by atoms with van der Waals surface area (Å²) < 4.78 is 0. The first-order chi connectivity index (χ1) is 12.1. The largest absolute Gasteiger partial charge is 0.337 e. The van der Waals surface area contributed by atoms with Crippen molar-refractivity contribution in [1.82, 2.24) is 4.90 Å². The van der Waals surface area contributed by atoms with E-state index in [1.54, 1.807) is 34.4 Å². The highest BCUT2D eigenvalue weighted by atomic mass is 32.1. The minimum absolute atomic E-state index is 0.0238. The van der Waals surface area contributed by atoms with E-state index in [0.29, 0.717) is 30.8 Å². The highest BCUT2D eigenvalue weighted by molar-refractivity contribution is 7.09. The van der Waals surface area contributed by atoms with Crippen LogP contribution < -0.4 is 11.1 Å². The summed E-state index contributed by atoms with van der Waals surface area (Å²) in [7, 11) is 0. The van der Waals surface area contributed by atoms with E-state index in [1.165, 1.54) is 4.88 Å². The Kier molecular flexibility index (Phi) is 5.83. The van der Waals surface area contributed by atoms with Crippen LogP contribution in [0.25, 0.3) is 0 Å². The molecule has 1 aromatic heterocycles. The van der Waals surface area contributed by atoms with Gasteiger partial charge in [0.1, 0.15) is 0 Å². The van der Waals surface area contributed by atoms with Gasteiger partial charge in [0.15, 0.2) is 0 Å². The van der Waals surface area contributed by atoms with Gasteiger partial charge in [-0.25, -0.2) is 0 Å². The summed E-state index contributed by atoms with van der Waals surface area (Å²) in [5.74, 6) is -0.0499. The number of carbonyl (C=O) groups excluding carboxylic acids is 2. The maximum atomic E-state index is 12.5. The van der Waals surface area contributed by atoms with Crippen LogP contribution in [0.1, 0.15) is 34.5 Å². The third kappa shape index (κ3) is 4.90. The predicted molar refractivity (Wildman–Crippen MR) is 101 cm³/mol. The Balaban J connectivity index is 1.52. The van der Waals surface area contributed by atoms with E-state index < -0.39 is 0 Å². The lowest BCUT2D eigenvalue weighted by molar-refractivity contribution is -0.116. The maximum Gasteiger partial charge on any atom is 0.253 e. The van der Waals surface area contributed by atoms with E-state index in [0.717, 1.165) is 19.3 Å². The quantitative estimate of drug-likeness (QED) is 0.835. The van der Waals surface area contributed by atoms with Crippen LogP contribution in [0.15, 0.2) is 41.8 Å². The van der Waals surface area contributed by atoms with Crippen molar-refractivity contribution in [2.24, 2.45) is 5.73 Å². The lowest BCUT2D eigenvalue weighted by atomic mass is 10.1. The molecular weight excluding hydrogens is 334 g/mol. The number of hydrogen-bond acceptors (Lipinski definition) is 4. The number of aryl methyl sites for hydroxylation is 1. The molecule has 0 bridgehead atoms. The molecule has 0 aliphatic carbocycles. The Morgan fingerprint density at radius 2 is 2.16 bits per heavy atom. The molecule has 2 heterocycles. The maximum absolute atomic E-state index is 12.5. The molecule has 132 valence electrons. The normalized spacial score (nSPS) is 16.8. The molecule has 1 saturated heterocycles. The standard InChI is InChI=1S/C19H23N3O2S/c20-15-9-10-22(13-15)19(24)14-4-1-5-16(12-14)21-18(23)8-2-6-17-7-3-11-25-17/h1,3-5,7,11-12,15H,2,6,8-10,13,20H2,(H,21,23)/t15-/m1/s1. The average molecular weight is 357 g/mol. The summed E-state index contributed by atoms with van der Waals surface area (Å²) in [5, 5.41) is 4.93. The monoisotopic (exact) mass is 357 g/mol. The van der Waals surface area contributed by atoms with Crippen LogP contribution in [0, 0.1) is 0 Å². The Morgan fingerprint density at radius 1 is 1.28 bits per heavy atom. The minimum atomic E-state index is -0.0262. The fourth-order valence-electron chi connectivity index (χ4n) is 2.99. The fraction of sp³-hybridized carbons (Fsp3) is 0.368. The molecule has 6 heteroatoms. The van der Waals surface area contributed by atoms with Crippen LogP contribution >= 0.6 is 11.3 Å². The van der Waals surface area contributed by atoms with Gasteiger partial charge in [-0.05, 0) is 48.9 Å². The zero-order chi connectivity index (χ0) is 17.6. The molecule has 1 fully saturated rings. The van der Waals surface area contributed by atoms with E-state index in [4.69, 9.17) is 5.73 Å². The van der Waals surface area contributed by atoms with E-state index >= 15 is 0 Å². The van der Waals surface area contributed by atoms with Crippen molar-refractivity contribution < 1.29 is 9.59 Å². The van der Waals surface area contributed by atoms with Gasteiger partial charge < -0.3 is 16.0 Å². The second kappa shape index (κ2) is 8.27. The predicted octanol–water partition coefficient (Wildman–Crippen LogP) is 2.88. The summed E-state index contributed by atoms with van der Waals surface area (Å²) in [6.45, 7) is 1.29. The second-order valence-electron chi connectivity index (χ2n) is 6.36. The third-order valence-electron chi connectivity index (χ3n) is 4.31. The third-order valence-corrected chi connectivity index (χ3v) is 5.25. The first-order valence-electron chi connectivity index (χ1n) is 8.59. The van der Waals surface area contributed by atoms with Gasteiger partial charge in [-0.15, -0.1) is 11.3 Å².